The Hall–Kier alpha value is -0.730. The minimum Gasteiger partial charge on any atom is -0.384 e. The first-order chi connectivity index (χ1) is 7.15. The zero-order valence-electron chi connectivity index (χ0n) is 9.51. The number of rotatable bonds is 5. The maximum absolute atomic E-state index is 6.03. The number of methoxy groups -OCH3 is 1. The van der Waals surface area contributed by atoms with Crippen LogP contribution >= 0.6 is 11.6 Å². The minimum atomic E-state index is 0.494. The number of halogens is 1. The smallest absolute Gasteiger partial charge is 0.0504 e. The van der Waals surface area contributed by atoms with Crippen LogP contribution in [-0.2, 0) is 4.74 Å². The molecule has 15 heavy (non-hydrogen) atoms. The summed E-state index contributed by atoms with van der Waals surface area (Å²) in [5.41, 5.74) is 2.20. The maximum Gasteiger partial charge on any atom is 0.0504 e. The lowest BCUT2D eigenvalue weighted by Gasteiger charge is -2.14. The van der Waals surface area contributed by atoms with E-state index in [0.29, 0.717) is 5.92 Å². The quantitative estimate of drug-likeness (QED) is 0.833. The zero-order chi connectivity index (χ0) is 11.3. The molecule has 0 saturated heterocycles. The number of ether oxygens (including phenoxy) is 1. The number of nitrogens with one attached hydrogen (secondary N) is 1. The third-order valence-corrected chi connectivity index (χ3v) is 2.77. The third-order valence-electron chi connectivity index (χ3n) is 2.36. The summed E-state index contributed by atoms with van der Waals surface area (Å²) in [4.78, 5) is 0. The first kappa shape index (κ1) is 12.3. The standard InChI is InChI=1S/C12H18ClNO/c1-9(8-15-3)7-14-12-6-4-5-11(13)10(12)2/h4-6,9,14H,7-8H2,1-3H3. The van der Waals surface area contributed by atoms with Gasteiger partial charge < -0.3 is 10.1 Å². The first-order valence-corrected chi connectivity index (χ1v) is 5.51. The lowest BCUT2D eigenvalue weighted by molar-refractivity contribution is 0.164. The van der Waals surface area contributed by atoms with Crippen LogP contribution in [0.3, 0.4) is 0 Å². The maximum atomic E-state index is 6.03. The van der Waals surface area contributed by atoms with Crippen molar-refractivity contribution in [2.45, 2.75) is 13.8 Å². The molecule has 0 radical (unpaired) electrons. The molecule has 1 aromatic rings. The Morgan fingerprint density at radius 3 is 2.87 bits per heavy atom. The van der Waals surface area contributed by atoms with Gasteiger partial charge in [-0.15, -0.1) is 0 Å². The predicted octanol–water partition coefficient (Wildman–Crippen LogP) is 3.34. The molecule has 0 aliphatic carbocycles. The molecule has 0 bridgehead atoms. The highest BCUT2D eigenvalue weighted by Crippen LogP contribution is 2.22. The van der Waals surface area contributed by atoms with Crippen molar-refractivity contribution in [2.24, 2.45) is 5.92 Å². The minimum absolute atomic E-state index is 0.494. The summed E-state index contributed by atoms with van der Waals surface area (Å²) < 4.78 is 5.08. The van der Waals surface area contributed by atoms with E-state index in [2.05, 4.69) is 12.2 Å². The van der Waals surface area contributed by atoms with E-state index in [0.717, 1.165) is 29.4 Å². The summed E-state index contributed by atoms with van der Waals surface area (Å²) in [6.07, 6.45) is 0. The molecule has 1 atom stereocenters. The fourth-order valence-electron chi connectivity index (χ4n) is 1.43. The van der Waals surface area contributed by atoms with Crippen LogP contribution < -0.4 is 5.32 Å². The molecular weight excluding hydrogens is 210 g/mol. The second kappa shape index (κ2) is 5.99. The molecule has 0 aliphatic heterocycles. The summed E-state index contributed by atoms with van der Waals surface area (Å²) in [5.74, 6) is 0.494. The lowest BCUT2D eigenvalue weighted by atomic mass is 10.1. The molecule has 0 heterocycles. The molecule has 1 rings (SSSR count). The predicted molar refractivity (Wildman–Crippen MR) is 65.7 cm³/mol. The Bertz CT molecular complexity index is 314. The van der Waals surface area contributed by atoms with Crippen molar-refractivity contribution in [2.75, 3.05) is 25.6 Å². The molecule has 0 aromatic heterocycles. The van der Waals surface area contributed by atoms with Crippen molar-refractivity contribution in [3.8, 4) is 0 Å². The van der Waals surface area contributed by atoms with Crippen molar-refractivity contribution in [1.82, 2.24) is 0 Å². The molecule has 0 spiro atoms. The first-order valence-electron chi connectivity index (χ1n) is 5.13. The van der Waals surface area contributed by atoms with Gasteiger partial charge in [0.2, 0.25) is 0 Å². The van der Waals surface area contributed by atoms with Gasteiger partial charge >= 0.3 is 0 Å². The van der Waals surface area contributed by atoms with Gasteiger partial charge in [0.05, 0.1) is 6.61 Å². The van der Waals surface area contributed by atoms with Crippen LogP contribution in [0.2, 0.25) is 5.02 Å². The second-order valence-electron chi connectivity index (χ2n) is 3.85. The Morgan fingerprint density at radius 2 is 2.20 bits per heavy atom. The van der Waals surface area contributed by atoms with Gasteiger partial charge in [-0.1, -0.05) is 24.6 Å². The van der Waals surface area contributed by atoms with Crippen LogP contribution in [-0.4, -0.2) is 20.3 Å². The molecule has 1 unspecified atom stereocenters. The Kier molecular flexibility index (Phi) is 4.92. The van der Waals surface area contributed by atoms with Gasteiger partial charge in [0.15, 0.2) is 0 Å². The highest BCUT2D eigenvalue weighted by atomic mass is 35.5. The van der Waals surface area contributed by atoms with E-state index in [1.165, 1.54) is 0 Å². The van der Waals surface area contributed by atoms with Crippen molar-refractivity contribution in [1.29, 1.82) is 0 Å². The van der Waals surface area contributed by atoms with Crippen molar-refractivity contribution in [3.05, 3.63) is 28.8 Å². The van der Waals surface area contributed by atoms with Crippen LogP contribution in [0.15, 0.2) is 18.2 Å². The summed E-state index contributed by atoms with van der Waals surface area (Å²) >= 11 is 6.03. The summed E-state index contributed by atoms with van der Waals surface area (Å²) in [7, 11) is 1.72. The van der Waals surface area contributed by atoms with E-state index in [9.17, 15) is 0 Å². The zero-order valence-corrected chi connectivity index (χ0v) is 10.3. The molecule has 1 N–H and O–H groups in total. The Balaban J connectivity index is 2.54. The summed E-state index contributed by atoms with van der Waals surface area (Å²) in [5, 5.41) is 4.18. The molecule has 0 amide bonds. The van der Waals surface area contributed by atoms with Crippen LogP contribution in [0.5, 0.6) is 0 Å². The van der Waals surface area contributed by atoms with E-state index < -0.39 is 0 Å². The van der Waals surface area contributed by atoms with Crippen molar-refractivity contribution >= 4 is 17.3 Å². The van der Waals surface area contributed by atoms with Crippen LogP contribution in [0.4, 0.5) is 5.69 Å². The molecule has 2 nitrogen and oxygen atoms in total. The molecule has 84 valence electrons. The van der Waals surface area contributed by atoms with Gasteiger partial charge in [-0.2, -0.15) is 0 Å². The van der Waals surface area contributed by atoms with Crippen LogP contribution in [0.1, 0.15) is 12.5 Å². The van der Waals surface area contributed by atoms with Crippen molar-refractivity contribution in [3.63, 3.8) is 0 Å². The average Bonchev–Trinajstić information content (AvgIpc) is 2.21. The molecule has 0 fully saturated rings. The summed E-state index contributed by atoms with van der Waals surface area (Å²) in [6.45, 7) is 5.84. The monoisotopic (exact) mass is 227 g/mol. The summed E-state index contributed by atoms with van der Waals surface area (Å²) in [6, 6.07) is 5.90. The normalized spacial score (nSPS) is 12.5. The van der Waals surface area contributed by atoms with Crippen LogP contribution in [0, 0.1) is 12.8 Å². The van der Waals surface area contributed by atoms with E-state index in [1.54, 1.807) is 7.11 Å². The van der Waals surface area contributed by atoms with E-state index in [-0.39, 0.29) is 0 Å². The van der Waals surface area contributed by atoms with Crippen LogP contribution in [0.25, 0.3) is 0 Å². The van der Waals surface area contributed by atoms with E-state index in [1.807, 2.05) is 25.1 Å². The second-order valence-corrected chi connectivity index (χ2v) is 4.26. The number of hydrogen-bond acceptors (Lipinski definition) is 2. The van der Waals surface area contributed by atoms with Crippen molar-refractivity contribution < 1.29 is 4.74 Å². The molecular formula is C12H18ClNO. The number of benzene rings is 1. The fourth-order valence-corrected chi connectivity index (χ4v) is 1.60. The van der Waals surface area contributed by atoms with Gasteiger partial charge in [0.1, 0.15) is 0 Å². The van der Waals surface area contributed by atoms with E-state index >= 15 is 0 Å². The van der Waals surface area contributed by atoms with Gasteiger partial charge in [0.25, 0.3) is 0 Å². The molecule has 1 aromatic carbocycles. The van der Waals surface area contributed by atoms with Gasteiger partial charge in [-0.05, 0) is 30.5 Å². The topological polar surface area (TPSA) is 21.3 Å². The third kappa shape index (κ3) is 3.73. The van der Waals surface area contributed by atoms with E-state index in [4.69, 9.17) is 16.3 Å². The SMILES string of the molecule is COCC(C)CNc1cccc(Cl)c1C. The average molecular weight is 228 g/mol. The van der Waals surface area contributed by atoms with Gasteiger partial charge in [0, 0.05) is 24.4 Å². The number of hydrogen-bond donors (Lipinski definition) is 1. The molecule has 3 heteroatoms. The number of anilines is 1. The Morgan fingerprint density at radius 1 is 1.47 bits per heavy atom. The molecule has 0 aliphatic rings. The highest BCUT2D eigenvalue weighted by Gasteiger charge is 2.04. The highest BCUT2D eigenvalue weighted by molar-refractivity contribution is 6.31. The fraction of sp³-hybridized carbons (Fsp3) is 0.500. The van der Waals surface area contributed by atoms with Gasteiger partial charge in [-0.3, -0.25) is 0 Å². The van der Waals surface area contributed by atoms with Gasteiger partial charge in [-0.25, -0.2) is 0 Å². The largest absolute Gasteiger partial charge is 0.384 e. The lowest BCUT2D eigenvalue weighted by Crippen LogP contribution is -2.16. The molecule has 0 saturated carbocycles. The Labute approximate surface area is 96.6 Å².